The Morgan fingerprint density at radius 1 is 0.976 bits per heavy atom. The molecule has 0 N–H and O–H groups in total. The highest BCUT2D eigenvalue weighted by molar-refractivity contribution is 7.89. The van der Waals surface area contributed by atoms with Crippen molar-refractivity contribution in [2.75, 3.05) is 13.2 Å². The lowest BCUT2D eigenvalue weighted by atomic mass is 9.74. The second-order valence-corrected chi connectivity index (χ2v) is 11.9. The summed E-state index contributed by atoms with van der Waals surface area (Å²) in [4.78, 5) is 39.3. The molecule has 0 amide bonds. The molecule has 0 aliphatic carbocycles. The van der Waals surface area contributed by atoms with Crippen LogP contribution < -0.4 is 0 Å². The van der Waals surface area contributed by atoms with E-state index in [0.717, 1.165) is 9.87 Å². The van der Waals surface area contributed by atoms with Crippen LogP contribution in [0.4, 0.5) is 5.69 Å². The number of nitro groups is 1. The number of esters is 2. The van der Waals surface area contributed by atoms with E-state index < -0.39 is 44.1 Å². The van der Waals surface area contributed by atoms with Crippen molar-refractivity contribution in [2.45, 2.75) is 55.9 Å². The van der Waals surface area contributed by atoms with Crippen molar-refractivity contribution in [3.8, 4) is 0 Å². The Labute approximate surface area is 243 Å². The summed E-state index contributed by atoms with van der Waals surface area (Å²) in [6.07, 6.45) is -0.176. The molecule has 2 atom stereocenters. The van der Waals surface area contributed by atoms with E-state index in [-0.39, 0.29) is 36.8 Å². The molecule has 2 aliphatic heterocycles. The van der Waals surface area contributed by atoms with Crippen LogP contribution in [0.25, 0.3) is 0 Å². The van der Waals surface area contributed by atoms with E-state index in [1.807, 2.05) is 0 Å². The lowest BCUT2D eigenvalue weighted by Gasteiger charge is -2.42. The number of sulfonamides is 1. The van der Waals surface area contributed by atoms with E-state index >= 15 is 0 Å². The van der Waals surface area contributed by atoms with Crippen LogP contribution in [-0.4, -0.2) is 48.3 Å². The lowest BCUT2D eigenvalue weighted by molar-refractivity contribution is -0.384. The van der Waals surface area contributed by atoms with Crippen molar-refractivity contribution in [2.24, 2.45) is 0 Å². The van der Waals surface area contributed by atoms with Gasteiger partial charge >= 0.3 is 11.9 Å². The number of nitro benzene ring substituents is 1. The normalized spacial score (nSPS) is 21.2. The molecule has 12 heteroatoms. The Bertz CT molecular complexity index is 1620. The summed E-state index contributed by atoms with van der Waals surface area (Å²) in [5.74, 6) is -2.28. The van der Waals surface area contributed by atoms with Gasteiger partial charge in [0.1, 0.15) is 5.60 Å². The number of rotatable bonds is 8. The van der Waals surface area contributed by atoms with Crippen LogP contribution in [0.2, 0.25) is 0 Å². The average Bonchev–Trinajstić information content (AvgIpc) is 3.51. The fourth-order valence-corrected chi connectivity index (χ4v) is 7.90. The zero-order chi connectivity index (χ0) is 30.3. The molecular weight excluding hydrogens is 564 g/mol. The third kappa shape index (κ3) is 4.29. The van der Waals surface area contributed by atoms with Gasteiger partial charge in [0, 0.05) is 18.6 Å². The number of carbonyl (C=O) groups is 2. The van der Waals surface area contributed by atoms with Crippen LogP contribution in [0, 0.1) is 17.0 Å². The molecule has 3 aromatic rings. The van der Waals surface area contributed by atoms with Crippen LogP contribution in [0.5, 0.6) is 0 Å². The number of hydrogen-bond acceptors (Lipinski definition) is 9. The standard InChI is InChI=1S/C30H30N2O9S/c1-4-39-27(33)30(28(34)40-5-2)29(25-9-7-6-8-22(25)19-41-29)18-26(21-12-14-23(15-13-21)32(35)36)31(30)42(37,38)24-16-10-20(3)11-17-24/h6-17,26H,4-5,18-19H2,1-3H3/t26-,29+/m1/s1. The number of aryl methyl sites for hydroxylation is 1. The molecule has 11 nitrogen and oxygen atoms in total. The van der Waals surface area contributed by atoms with E-state index in [9.17, 15) is 28.1 Å². The smallest absolute Gasteiger partial charge is 0.342 e. The van der Waals surface area contributed by atoms with Crippen LogP contribution in [0.1, 0.15) is 48.6 Å². The predicted molar refractivity (Wildman–Crippen MR) is 150 cm³/mol. The van der Waals surface area contributed by atoms with Crippen molar-refractivity contribution in [1.82, 2.24) is 4.31 Å². The van der Waals surface area contributed by atoms with Crippen molar-refractivity contribution in [3.05, 3.63) is 105 Å². The molecule has 2 heterocycles. The zero-order valence-electron chi connectivity index (χ0n) is 23.3. The SMILES string of the molecule is CCOC(=O)C1(C(=O)OCC)N(S(=O)(=O)c2ccc(C)cc2)[C@@H](c2ccc([N+](=O)[O-])cc2)C[C@@]12OCc1ccccc12. The van der Waals surface area contributed by atoms with Crippen LogP contribution in [0.3, 0.4) is 0 Å². The number of benzene rings is 3. The van der Waals surface area contributed by atoms with Gasteiger partial charge in [-0.2, -0.15) is 4.31 Å². The van der Waals surface area contributed by atoms with Crippen molar-refractivity contribution in [3.63, 3.8) is 0 Å². The molecule has 0 unspecified atom stereocenters. The third-order valence-electron chi connectivity index (χ3n) is 7.81. The summed E-state index contributed by atoms with van der Waals surface area (Å²) in [6.45, 7) is 4.59. The summed E-state index contributed by atoms with van der Waals surface area (Å²) >= 11 is 0. The van der Waals surface area contributed by atoms with Crippen molar-refractivity contribution < 1.29 is 37.1 Å². The molecule has 2 aliphatic rings. The minimum absolute atomic E-state index is 0.00212. The Kier molecular flexibility index (Phi) is 7.64. The molecule has 5 rings (SSSR count). The number of non-ortho nitro benzene ring substituents is 1. The number of hydrogen-bond donors (Lipinski definition) is 0. The molecule has 42 heavy (non-hydrogen) atoms. The molecule has 1 fully saturated rings. The van der Waals surface area contributed by atoms with Gasteiger partial charge in [0.25, 0.3) is 11.2 Å². The van der Waals surface area contributed by atoms with Gasteiger partial charge in [-0.05, 0) is 49.6 Å². The third-order valence-corrected chi connectivity index (χ3v) is 9.73. The van der Waals surface area contributed by atoms with Crippen LogP contribution in [-0.2, 0) is 46.0 Å². The number of fused-ring (bicyclic) bond motifs is 2. The van der Waals surface area contributed by atoms with Crippen LogP contribution >= 0.6 is 0 Å². The Morgan fingerprint density at radius 3 is 2.14 bits per heavy atom. The van der Waals surface area contributed by atoms with Gasteiger partial charge in [-0.3, -0.25) is 10.1 Å². The Hall–Kier alpha value is -4.13. The molecule has 0 aromatic heterocycles. The molecule has 0 bridgehead atoms. The molecule has 220 valence electrons. The number of nitrogens with zero attached hydrogens (tertiary/aromatic N) is 2. The van der Waals surface area contributed by atoms with Gasteiger partial charge in [-0.15, -0.1) is 0 Å². The van der Waals surface area contributed by atoms with Crippen LogP contribution in [0.15, 0.2) is 77.7 Å². The van der Waals surface area contributed by atoms with Gasteiger partial charge in [0.05, 0.1) is 35.7 Å². The molecule has 1 spiro atoms. The van der Waals surface area contributed by atoms with Gasteiger partial charge < -0.3 is 14.2 Å². The molecule has 1 saturated heterocycles. The monoisotopic (exact) mass is 594 g/mol. The predicted octanol–water partition coefficient (Wildman–Crippen LogP) is 4.33. The first-order valence-corrected chi connectivity index (χ1v) is 14.9. The minimum atomic E-state index is -4.66. The summed E-state index contributed by atoms with van der Waals surface area (Å²) < 4.78 is 47.7. The molecule has 3 aromatic carbocycles. The second kappa shape index (κ2) is 10.9. The van der Waals surface area contributed by atoms with E-state index in [1.165, 1.54) is 36.4 Å². The zero-order valence-corrected chi connectivity index (χ0v) is 24.1. The first-order valence-electron chi connectivity index (χ1n) is 13.5. The van der Waals surface area contributed by atoms with E-state index in [1.54, 1.807) is 57.2 Å². The molecular formula is C30H30N2O9S. The van der Waals surface area contributed by atoms with Crippen molar-refractivity contribution >= 4 is 27.6 Å². The average molecular weight is 595 g/mol. The minimum Gasteiger partial charge on any atom is -0.464 e. The largest absolute Gasteiger partial charge is 0.464 e. The van der Waals surface area contributed by atoms with E-state index in [0.29, 0.717) is 16.7 Å². The molecule has 0 saturated carbocycles. The molecule has 0 radical (unpaired) electrons. The maximum Gasteiger partial charge on any atom is 0.342 e. The maximum absolute atomic E-state index is 14.7. The van der Waals surface area contributed by atoms with Gasteiger partial charge in [-0.25, -0.2) is 18.0 Å². The first kappa shape index (κ1) is 29.4. The summed E-state index contributed by atoms with van der Waals surface area (Å²) in [7, 11) is -4.66. The second-order valence-electron chi connectivity index (χ2n) is 10.1. The van der Waals surface area contributed by atoms with Gasteiger partial charge in [-0.1, -0.05) is 54.1 Å². The summed E-state index contributed by atoms with van der Waals surface area (Å²) in [5, 5.41) is 11.4. The highest BCUT2D eigenvalue weighted by atomic mass is 32.2. The summed E-state index contributed by atoms with van der Waals surface area (Å²) in [6, 6.07) is 17.1. The Balaban J connectivity index is 1.89. The fourth-order valence-electron chi connectivity index (χ4n) is 6.01. The quantitative estimate of drug-likeness (QED) is 0.161. The summed E-state index contributed by atoms with van der Waals surface area (Å²) in [5.41, 5.74) is -2.43. The number of carbonyl (C=O) groups excluding carboxylic acids is 2. The van der Waals surface area contributed by atoms with Crippen molar-refractivity contribution in [1.29, 1.82) is 0 Å². The number of ether oxygens (including phenoxy) is 3. The highest BCUT2D eigenvalue weighted by Crippen LogP contribution is 2.62. The highest BCUT2D eigenvalue weighted by Gasteiger charge is 2.79. The van der Waals surface area contributed by atoms with Gasteiger partial charge in [0.2, 0.25) is 10.0 Å². The van der Waals surface area contributed by atoms with E-state index in [4.69, 9.17) is 14.2 Å². The first-order chi connectivity index (χ1) is 20.0. The van der Waals surface area contributed by atoms with Gasteiger partial charge in [0.15, 0.2) is 0 Å². The fraction of sp³-hybridized carbons (Fsp3) is 0.333. The Morgan fingerprint density at radius 2 is 1.57 bits per heavy atom. The lowest BCUT2D eigenvalue weighted by Crippen LogP contribution is -2.68. The topological polar surface area (TPSA) is 142 Å². The van der Waals surface area contributed by atoms with E-state index in [2.05, 4.69) is 0 Å². The maximum atomic E-state index is 14.7.